The smallest absolute Gasteiger partial charge is 0.0241 e. The molecule has 1 fully saturated rings. The third-order valence-electron chi connectivity index (χ3n) is 2.18. The number of hydrogen-bond acceptors (Lipinski definition) is 2. The van der Waals surface area contributed by atoms with Gasteiger partial charge in [0.1, 0.15) is 0 Å². The van der Waals surface area contributed by atoms with E-state index in [0.29, 0.717) is 12.1 Å². The summed E-state index contributed by atoms with van der Waals surface area (Å²) in [5.74, 6) is 0. The van der Waals surface area contributed by atoms with Gasteiger partial charge in [0.25, 0.3) is 0 Å². The maximum absolute atomic E-state index is 5.75. The monoisotopic (exact) mass is 128 g/mol. The molecule has 0 aliphatic carbocycles. The van der Waals surface area contributed by atoms with Crippen LogP contribution < -0.4 is 5.73 Å². The molecule has 1 saturated heterocycles. The standard InChI is InChI=1S/C7H16N2/c1-6(8)7-4-3-5-9(7)2/h6-7H,3-5,8H2,1-2H3/t6?,7-/m0/s1. The van der Waals surface area contributed by atoms with Crippen molar-refractivity contribution >= 4 is 0 Å². The molecule has 1 rings (SSSR count). The Morgan fingerprint density at radius 2 is 2.33 bits per heavy atom. The molecular formula is C7H16N2. The van der Waals surface area contributed by atoms with Gasteiger partial charge in [0.15, 0.2) is 0 Å². The number of nitrogens with two attached hydrogens (primary N) is 1. The first-order valence-electron chi connectivity index (χ1n) is 3.67. The second-order valence-corrected chi connectivity index (χ2v) is 3.05. The van der Waals surface area contributed by atoms with E-state index in [-0.39, 0.29) is 0 Å². The average Bonchev–Trinajstić information content (AvgIpc) is 2.13. The summed E-state index contributed by atoms with van der Waals surface area (Å²) in [6, 6.07) is 0.988. The topological polar surface area (TPSA) is 29.3 Å². The lowest BCUT2D eigenvalue weighted by Crippen LogP contribution is -2.39. The van der Waals surface area contributed by atoms with Crippen LogP contribution in [0.2, 0.25) is 0 Å². The molecule has 0 spiro atoms. The van der Waals surface area contributed by atoms with Gasteiger partial charge in [0.05, 0.1) is 0 Å². The second-order valence-electron chi connectivity index (χ2n) is 3.05. The molecule has 0 radical (unpaired) electrons. The van der Waals surface area contributed by atoms with Crippen molar-refractivity contribution < 1.29 is 0 Å². The quantitative estimate of drug-likeness (QED) is 0.555. The largest absolute Gasteiger partial charge is 0.327 e. The minimum absolute atomic E-state index is 0.345. The van der Waals surface area contributed by atoms with Gasteiger partial charge in [-0.3, -0.25) is 0 Å². The van der Waals surface area contributed by atoms with Gasteiger partial charge in [-0.05, 0) is 33.4 Å². The van der Waals surface area contributed by atoms with Crippen molar-refractivity contribution in [2.75, 3.05) is 13.6 Å². The lowest BCUT2D eigenvalue weighted by molar-refractivity contribution is 0.280. The minimum Gasteiger partial charge on any atom is -0.327 e. The van der Waals surface area contributed by atoms with Crippen molar-refractivity contribution in [3.8, 4) is 0 Å². The van der Waals surface area contributed by atoms with E-state index >= 15 is 0 Å². The molecule has 9 heavy (non-hydrogen) atoms. The Labute approximate surface area is 57.0 Å². The van der Waals surface area contributed by atoms with E-state index in [2.05, 4.69) is 18.9 Å². The lowest BCUT2D eigenvalue weighted by atomic mass is 10.1. The van der Waals surface area contributed by atoms with Gasteiger partial charge in [-0.1, -0.05) is 0 Å². The third-order valence-corrected chi connectivity index (χ3v) is 2.18. The average molecular weight is 128 g/mol. The molecule has 0 saturated carbocycles. The summed E-state index contributed by atoms with van der Waals surface area (Å²) in [5.41, 5.74) is 5.75. The molecule has 0 aromatic carbocycles. The highest BCUT2D eigenvalue weighted by atomic mass is 15.2. The van der Waals surface area contributed by atoms with Crippen LogP contribution in [0.1, 0.15) is 19.8 Å². The SMILES string of the molecule is CC(N)[C@@H]1CCCN1C. The van der Waals surface area contributed by atoms with Crippen molar-refractivity contribution in [2.45, 2.75) is 31.8 Å². The van der Waals surface area contributed by atoms with Crippen molar-refractivity contribution in [3.05, 3.63) is 0 Å². The van der Waals surface area contributed by atoms with Crippen molar-refractivity contribution in [1.82, 2.24) is 4.90 Å². The van der Waals surface area contributed by atoms with Gasteiger partial charge < -0.3 is 10.6 Å². The molecule has 1 heterocycles. The van der Waals surface area contributed by atoms with E-state index in [9.17, 15) is 0 Å². The zero-order valence-electron chi connectivity index (χ0n) is 6.30. The summed E-state index contributed by atoms with van der Waals surface area (Å²) in [4.78, 5) is 2.35. The molecule has 54 valence electrons. The first-order valence-corrected chi connectivity index (χ1v) is 3.67. The minimum atomic E-state index is 0.345. The molecule has 2 heteroatoms. The van der Waals surface area contributed by atoms with Crippen LogP contribution in [0.3, 0.4) is 0 Å². The number of nitrogens with zero attached hydrogens (tertiary/aromatic N) is 1. The summed E-state index contributed by atoms with van der Waals surface area (Å²) >= 11 is 0. The summed E-state index contributed by atoms with van der Waals surface area (Å²) in [6.45, 7) is 3.32. The van der Waals surface area contributed by atoms with Gasteiger partial charge in [-0.25, -0.2) is 0 Å². The van der Waals surface area contributed by atoms with E-state index in [1.807, 2.05) is 0 Å². The first-order chi connectivity index (χ1) is 4.22. The Kier molecular flexibility index (Phi) is 2.09. The highest BCUT2D eigenvalue weighted by Crippen LogP contribution is 2.16. The highest BCUT2D eigenvalue weighted by Gasteiger charge is 2.23. The number of rotatable bonds is 1. The van der Waals surface area contributed by atoms with Crippen LogP contribution in [0.15, 0.2) is 0 Å². The van der Waals surface area contributed by atoms with Gasteiger partial charge in [-0.2, -0.15) is 0 Å². The molecular weight excluding hydrogens is 112 g/mol. The Bertz CT molecular complexity index is 90.9. The Morgan fingerprint density at radius 1 is 1.67 bits per heavy atom. The van der Waals surface area contributed by atoms with E-state index in [4.69, 9.17) is 5.73 Å². The molecule has 1 aliphatic heterocycles. The first kappa shape index (κ1) is 7.03. The molecule has 1 unspecified atom stereocenters. The summed E-state index contributed by atoms with van der Waals surface area (Å²) < 4.78 is 0. The van der Waals surface area contributed by atoms with Crippen LogP contribution in [0.25, 0.3) is 0 Å². The Balaban J connectivity index is 2.40. The third kappa shape index (κ3) is 1.43. The number of likely N-dealkylation sites (tertiary alicyclic amines) is 1. The van der Waals surface area contributed by atoms with E-state index in [1.165, 1.54) is 19.4 Å². The van der Waals surface area contributed by atoms with Crippen LogP contribution in [-0.2, 0) is 0 Å². The molecule has 0 aromatic heterocycles. The summed E-state index contributed by atoms with van der Waals surface area (Å²) in [7, 11) is 2.15. The molecule has 2 N–H and O–H groups in total. The Hall–Kier alpha value is -0.0800. The lowest BCUT2D eigenvalue weighted by Gasteiger charge is -2.22. The van der Waals surface area contributed by atoms with Crippen LogP contribution in [0, 0.1) is 0 Å². The molecule has 0 aromatic rings. The van der Waals surface area contributed by atoms with Crippen LogP contribution >= 0.6 is 0 Å². The molecule has 2 nitrogen and oxygen atoms in total. The molecule has 1 aliphatic rings. The fraction of sp³-hybridized carbons (Fsp3) is 1.00. The van der Waals surface area contributed by atoms with Crippen LogP contribution in [0.4, 0.5) is 0 Å². The fourth-order valence-corrected chi connectivity index (χ4v) is 1.60. The van der Waals surface area contributed by atoms with Gasteiger partial charge in [0, 0.05) is 12.1 Å². The predicted molar refractivity (Wildman–Crippen MR) is 39.3 cm³/mol. The maximum Gasteiger partial charge on any atom is 0.0241 e. The fourth-order valence-electron chi connectivity index (χ4n) is 1.60. The normalized spacial score (nSPS) is 33.0. The zero-order chi connectivity index (χ0) is 6.85. The summed E-state index contributed by atoms with van der Waals surface area (Å²) in [6.07, 6.45) is 2.61. The molecule has 2 atom stereocenters. The number of likely N-dealkylation sites (N-methyl/N-ethyl adjacent to an activating group) is 1. The van der Waals surface area contributed by atoms with Crippen molar-refractivity contribution in [1.29, 1.82) is 0 Å². The van der Waals surface area contributed by atoms with E-state index < -0.39 is 0 Å². The van der Waals surface area contributed by atoms with Crippen molar-refractivity contribution in [2.24, 2.45) is 5.73 Å². The predicted octanol–water partition coefficient (Wildman–Crippen LogP) is 0.428. The van der Waals surface area contributed by atoms with E-state index in [0.717, 1.165) is 0 Å². The maximum atomic E-state index is 5.75. The van der Waals surface area contributed by atoms with Crippen molar-refractivity contribution in [3.63, 3.8) is 0 Å². The second kappa shape index (κ2) is 2.67. The molecule has 0 amide bonds. The molecule has 0 bridgehead atoms. The zero-order valence-corrected chi connectivity index (χ0v) is 6.30. The Morgan fingerprint density at radius 3 is 2.56 bits per heavy atom. The summed E-state index contributed by atoms with van der Waals surface area (Å²) in [5, 5.41) is 0. The van der Waals surface area contributed by atoms with Crippen LogP contribution in [0.5, 0.6) is 0 Å². The van der Waals surface area contributed by atoms with E-state index in [1.54, 1.807) is 0 Å². The number of hydrogen-bond donors (Lipinski definition) is 1. The van der Waals surface area contributed by atoms with Gasteiger partial charge in [0.2, 0.25) is 0 Å². The van der Waals surface area contributed by atoms with Gasteiger partial charge in [-0.15, -0.1) is 0 Å². The van der Waals surface area contributed by atoms with Crippen LogP contribution in [-0.4, -0.2) is 30.6 Å². The van der Waals surface area contributed by atoms with Gasteiger partial charge >= 0.3 is 0 Å². The highest BCUT2D eigenvalue weighted by molar-refractivity contribution is 4.82.